The van der Waals surface area contributed by atoms with E-state index in [-0.39, 0.29) is 12.5 Å². The second kappa shape index (κ2) is 11.8. The lowest BCUT2D eigenvalue weighted by atomic mass is 9.86. The van der Waals surface area contributed by atoms with Gasteiger partial charge in [0.25, 0.3) is 0 Å². The molecule has 1 atom stereocenters. The van der Waals surface area contributed by atoms with Crippen molar-refractivity contribution in [3.05, 3.63) is 87.9 Å². The molecule has 2 aromatic carbocycles. The molecule has 0 radical (unpaired) electrons. The number of nitrogens with one attached hydrogen (secondary N) is 1. The number of aromatic amines is 1. The summed E-state index contributed by atoms with van der Waals surface area (Å²) in [5.41, 5.74) is 4.83. The van der Waals surface area contributed by atoms with E-state index < -0.39 is 0 Å². The second-order valence-corrected chi connectivity index (χ2v) is 9.01. The van der Waals surface area contributed by atoms with Crippen molar-refractivity contribution in [1.29, 1.82) is 0 Å². The van der Waals surface area contributed by atoms with Gasteiger partial charge < -0.3 is 19.2 Å². The van der Waals surface area contributed by atoms with Crippen LogP contribution in [0, 0.1) is 17.1 Å². The third kappa shape index (κ3) is 5.73. The normalized spacial score (nSPS) is 11.9. The van der Waals surface area contributed by atoms with Gasteiger partial charge in [-0.3, -0.25) is 0 Å². The number of nitrogens with zero attached hydrogens (tertiary/aromatic N) is 2. The second-order valence-electron chi connectivity index (χ2n) is 8.62. The summed E-state index contributed by atoms with van der Waals surface area (Å²) in [6.45, 7) is 5.37. The summed E-state index contributed by atoms with van der Waals surface area (Å²) in [4.78, 5) is 12.6. The summed E-state index contributed by atoms with van der Waals surface area (Å²) in [5, 5.41) is 0.878. The average Bonchev–Trinajstić information content (AvgIpc) is 2.89. The van der Waals surface area contributed by atoms with E-state index in [1.54, 1.807) is 13.3 Å². The topological polar surface area (TPSA) is 69.3 Å². The Morgan fingerprint density at radius 3 is 2.53 bits per heavy atom. The first kappa shape index (κ1) is 25.4. The Labute approximate surface area is 216 Å². The zero-order valence-corrected chi connectivity index (χ0v) is 21.5. The quantitative estimate of drug-likeness (QED) is 0.163. The molecule has 0 amide bonds. The van der Waals surface area contributed by atoms with Crippen molar-refractivity contribution in [3.8, 4) is 24.0 Å². The van der Waals surface area contributed by atoms with Gasteiger partial charge in [-0.05, 0) is 53.5 Å². The molecule has 0 aliphatic rings. The van der Waals surface area contributed by atoms with Crippen LogP contribution in [0.15, 0.2) is 60.8 Å². The molecule has 6 nitrogen and oxygen atoms in total. The van der Waals surface area contributed by atoms with Crippen LogP contribution in [0.2, 0.25) is 0 Å². The molecule has 2 aromatic heterocycles. The Morgan fingerprint density at radius 2 is 1.81 bits per heavy atom. The van der Waals surface area contributed by atoms with Gasteiger partial charge in [-0.25, -0.2) is 9.97 Å². The minimum Gasteiger partial charge on any atom is -0.481 e. The van der Waals surface area contributed by atoms with Crippen molar-refractivity contribution in [2.45, 2.75) is 25.7 Å². The van der Waals surface area contributed by atoms with Crippen molar-refractivity contribution in [1.82, 2.24) is 15.0 Å². The molecule has 184 valence electrons. The maximum Gasteiger partial charge on any atom is 0.217 e. The third-order valence-electron chi connectivity index (χ3n) is 5.90. The molecule has 1 N–H and O–H groups in total. The molecule has 0 spiro atoms. The summed E-state index contributed by atoms with van der Waals surface area (Å²) in [7, 11) is 1.64. The van der Waals surface area contributed by atoms with Crippen molar-refractivity contribution in [2.75, 3.05) is 26.9 Å². The molecular weight excluding hydrogens is 470 g/mol. The number of methoxy groups -OCH3 is 1. The summed E-state index contributed by atoms with van der Waals surface area (Å²) in [5.74, 6) is 3.83. The van der Waals surface area contributed by atoms with E-state index in [1.807, 2.05) is 30.3 Å². The monoisotopic (exact) mass is 499 g/mol. The molecule has 0 saturated carbocycles. The summed E-state index contributed by atoms with van der Waals surface area (Å²) in [6, 6.07) is 18.2. The maximum atomic E-state index is 6.04. The summed E-state index contributed by atoms with van der Waals surface area (Å²) >= 11 is 5.53. The SMILES string of the molecule is C#CCOc1ccc2[nH]c(=S)nc(C(c3ccc(C(C)C)cc3)c3cccnc3OCCOC)c2c1. The van der Waals surface area contributed by atoms with Gasteiger partial charge in [-0.15, -0.1) is 6.42 Å². The number of hydrogen-bond acceptors (Lipinski definition) is 6. The predicted molar refractivity (Wildman–Crippen MR) is 144 cm³/mol. The number of fused-ring (bicyclic) bond motifs is 1. The number of pyridine rings is 1. The smallest absolute Gasteiger partial charge is 0.217 e. The summed E-state index contributed by atoms with van der Waals surface area (Å²) < 4.78 is 17.3. The first-order valence-corrected chi connectivity index (χ1v) is 12.2. The number of aromatic nitrogens is 3. The van der Waals surface area contributed by atoms with Crippen molar-refractivity contribution >= 4 is 23.1 Å². The number of rotatable bonds is 10. The van der Waals surface area contributed by atoms with Crippen LogP contribution in [0.3, 0.4) is 0 Å². The van der Waals surface area contributed by atoms with Gasteiger partial charge in [0.15, 0.2) is 4.77 Å². The third-order valence-corrected chi connectivity index (χ3v) is 6.09. The highest BCUT2D eigenvalue weighted by Crippen LogP contribution is 2.39. The van der Waals surface area contributed by atoms with E-state index >= 15 is 0 Å². The van der Waals surface area contributed by atoms with Crippen LogP contribution in [0.4, 0.5) is 0 Å². The zero-order chi connectivity index (χ0) is 25.5. The zero-order valence-electron chi connectivity index (χ0n) is 20.7. The maximum absolute atomic E-state index is 6.04. The molecule has 1 unspecified atom stereocenters. The minimum absolute atomic E-state index is 0.178. The van der Waals surface area contributed by atoms with Crippen LogP contribution < -0.4 is 9.47 Å². The van der Waals surface area contributed by atoms with E-state index in [2.05, 4.69) is 54.0 Å². The van der Waals surface area contributed by atoms with E-state index in [4.69, 9.17) is 37.8 Å². The molecule has 0 fully saturated rings. The Balaban J connectivity index is 1.94. The highest BCUT2D eigenvalue weighted by molar-refractivity contribution is 7.71. The molecular formula is C29H29N3O3S. The number of terminal acetylenes is 1. The lowest BCUT2D eigenvalue weighted by molar-refractivity contribution is 0.143. The molecule has 0 bridgehead atoms. The van der Waals surface area contributed by atoms with Gasteiger partial charge in [0.1, 0.15) is 19.0 Å². The molecule has 0 aliphatic heterocycles. The summed E-state index contributed by atoms with van der Waals surface area (Å²) in [6.07, 6.45) is 7.12. The van der Waals surface area contributed by atoms with E-state index in [1.165, 1.54) is 5.56 Å². The van der Waals surface area contributed by atoms with E-state index in [0.717, 1.165) is 27.7 Å². The lowest BCUT2D eigenvalue weighted by Gasteiger charge is -2.22. The Hall–Kier alpha value is -3.73. The Morgan fingerprint density at radius 1 is 1.03 bits per heavy atom. The van der Waals surface area contributed by atoms with E-state index in [0.29, 0.717) is 35.5 Å². The lowest BCUT2D eigenvalue weighted by Crippen LogP contribution is -2.13. The molecule has 4 rings (SSSR count). The average molecular weight is 500 g/mol. The Kier molecular flexibility index (Phi) is 8.32. The molecule has 0 saturated heterocycles. The van der Waals surface area contributed by atoms with Crippen LogP contribution >= 0.6 is 12.2 Å². The van der Waals surface area contributed by atoms with Gasteiger partial charge in [0.2, 0.25) is 5.88 Å². The highest BCUT2D eigenvalue weighted by atomic mass is 32.1. The van der Waals surface area contributed by atoms with Gasteiger partial charge in [-0.2, -0.15) is 0 Å². The highest BCUT2D eigenvalue weighted by Gasteiger charge is 2.25. The number of benzene rings is 2. The van der Waals surface area contributed by atoms with Gasteiger partial charge in [0, 0.05) is 29.8 Å². The predicted octanol–water partition coefficient (Wildman–Crippen LogP) is 6.03. The number of ether oxygens (including phenoxy) is 3. The van der Waals surface area contributed by atoms with Crippen molar-refractivity contribution < 1.29 is 14.2 Å². The Bertz CT molecular complexity index is 1420. The number of hydrogen-bond donors (Lipinski definition) is 1. The fourth-order valence-corrected chi connectivity index (χ4v) is 4.32. The van der Waals surface area contributed by atoms with Crippen LogP contribution in [-0.2, 0) is 4.74 Å². The minimum atomic E-state index is -0.292. The first-order chi connectivity index (χ1) is 17.5. The molecule has 4 aromatic rings. The molecule has 36 heavy (non-hydrogen) atoms. The fraction of sp³-hybridized carbons (Fsp3) is 0.276. The van der Waals surface area contributed by atoms with Gasteiger partial charge >= 0.3 is 0 Å². The van der Waals surface area contributed by atoms with Crippen LogP contribution in [0.25, 0.3) is 10.9 Å². The van der Waals surface area contributed by atoms with Gasteiger partial charge in [-0.1, -0.05) is 50.1 Å². The van der Waals surface area contributed by atoms with Gasteiger partial charge in [0.05, 0.1) is 18.2 Å². The van der Waals surface area contributed by atoms with Crippen LogP contribution in [-0.4, -0.2) is 41.9 Å². The van der Waals surface area contributed by atoms with Crippen LogP contribution in [0.1, 0.15) is 48.1 Å². The van der Waals surface area contributed by atoms with Crippen molar-refractivity contribution in [2.24, 2.45) is 0 Å². The standard InChI is InChI=1S/C29H29N3O3S/c1-5-15-34-22-12-13-25-24(18-22)27(32-29(36)31-25)26(21-10-8-20(9-11-21)19(2)3)23-7-6-14-30-28(23)35-17-16-33-4/h1,6-14,18-19,26H,15-17H2,2-4H3,(H,31,32,36). The fourth-order valence-electron chi connectivity index (χ4n) is 4.12. The molecule has 2 heterocycles. The largest absolute Gasteiger partial charge is 0.481 e. The van der Waals surface area contributed by atoms with Crippen LogP contribution in [0.5, 0.6) is 11.6 Å². The van der Waals surface area contributed by atoms with Crippen molar-refractivity contribution in [3.63, 3.8) is 0 Å². The first-order valence-electron chi connectivity index (χ1n) is 11.8. The molecule has 0 aliphatic carbocycles. The number of H-pyrrole nitrogens is 1. The van der Waals surface area contributed by atoms with E-state index in [9.17, 15) is 0 Å². The molecule has 7 heteroatoms.